The fourth-order valence-corrected chi connectivity index (χ4v) is 8.67. The summed E-state index contributed by atoms with van der Waals surface area (Å²) in [6.45, 7) is 1.54. The third-order valence-corrected chi connectivity index (χ3v) is 11.4. The predicted molar refractivity (Wildman–Crippen MR) is 165 cm³/mol. The smallest absolute Gasteiger partial charge is 0.410 e. The summed E-state index contributed by atoms with van der Waals surface area (Å²) >= 11 is 0. The van der Waals surface area contributed by atoms with Crippen molar-refractivity contribution in [1.29, 1.82) is 0 Å². The van der Waals surface area contributed by atoms with Gasteiger partial charge in [-0.2, -0.15) is 0 Å². The number of hydrogen-bond acceptors (Lipinski definition) is 6. The molecule has 236 valence electrons. The molecule has 2 N–H and O–H groups in total. The van der Waals surface area contributed by atoms with E-state index in [-0.39, 0.29) is 47.7 Å². The van der Waals surface area contributed by atoms with Crippen LogP contribution in [0.4, 0.5) is 9.59 Å². The Labute approximate surface area is 260 Å². The van der Waals surface area contributed by atoms with Crippen LogP contribution >= 0.6 is 0 Å². The third-order valence-electron chi connectivity index (χ3n) is 11.4. The van der Waals surface area contributed by atoms with Gasteiger partial charge in [0.15, 0.2) is 0 Å². The second-order valence-electron chi connectivity index (χ2n) is 14.0. The molecule has 0 radical (unpaired) electrons. The summed E-state index contributed by atoms with van der Waals surface area (Å²) in [4.78, 5) is 29.0. The van der Waals surface area contributed by atoms with Gasteiger partial charge in [0.1, 0.15) is 11.2 Å². The summed E-state index contributed by atoms with van der Waals surface area (Å²) in [5.74, 6) is 0. The number of nitrogens with zero attached hydrogens (tertiary/aromatic N) is 2. The number of amides is 2. The van der Waals surface area contributed by atoms with Crippen molar-refractivity contribution >= 4 is 12.2 Å². The first kappa shape index (κ1) is 29.6. The van der Waals surface area contributed by atoms with Crippen molar-refractivity contribution in [3.05, 3.63) is 70.8 Å². The number of carbonyl (C=O) groups is 2. The molecule has 0 aromatic heterocycles. The molecule has 4 aliphatic carbocycles. The molecule has 0 bridgehead atoms. The lowest BCUT2D eigenvalue weighted by atomic mass is 9.80. The number of hydrogen-bond donors (Lipinski definition) is 2. The van der Waals surface area contributed by atoms with Crippen molar-refractivity contribution < 1.29 is 29.3 Å². The molecule has 4 fully saturated rings. The van der Waals surface area contributed by atoms with Crippen LogP contribution in [0.1, 0.15) is 111 Å². The Bertz CT molecular complexity index is 1260. The van der Waals surface area contributed by atoms with Crippen LogP contribution in [0, 0.1) is 0 Å². The van der Waals surface area contributed by atoms with Gasteiger partial charge in [-0.1, -0.05) is 48.5 Å². The van der Waals surface area contributed by atoms with E-state index in [0.29, 0.717) is 0 Å². The van der Waals surface area contributed by atoms with E-state index in [1.54, 1.807) is 0 Å². The van der Waals surface area contributed by atoms with E-state index in [0.717, 1.165) is 103 Å². The molecule has 2 amide bonds. The van der Waals surface area contributed by atoms with E-state index in [2.05, 4.69) is 48.5 Å². The van der Waals surface area contributed by atoms with Gasteiger partial charge in [0.25, 0.3) is 0 Å². The zero-order valence-electron chi connectivity index (χ0n) is 25.7. The zero-order chi connectivity index (χ0) is 30.3. The van der Waals surface area contributed by atoms with Crippen LogP contribution in [-0.4, -0.2) is 68.7 Å². The summed E-state index contributed by atoms with van der Waals surface area (Å²) in [6, 6.07) is 17.2. The number of carbonyl (C=O) groups excluding carboxylic acids is 2. The van der Waals surface area contributed by atoms with Gasteiger partial charge < -0.3 is 29.5 Å². The highest BCUT2D eigenvalue weighted by molar-refractivity contribution is 5.71. The number of aliphatic hydroxyl groups excluding tert-OH is 2. The quantitative estimate of drug-likeness (QED) is 0.414. The zero-order valence-corrected chi connectivity index (χ0v) is 25.7. The Hall–Kier alpha value is -3.10. The molecule has 8 heteroatoms. The van der Waals surface area contributed by atoms with Crippen molar-refractivity contribution in [3.8, 4) is 0 Å². The largest absolute Gasteiger partial charge is 0.443 e. The minimum Gasteiger partial charge on any atom is -0.443 e. The van der Waals surface area contributed by atoms with Crippen LogP contribution in [0.5, 0.6) is 0 Å². The maximum atomic E-state index is 12.6. The van der Waals surface area contributed by atoms with Crippen molar-refractivity contribution in [2.24, 2.45) is 0 Å². The summed E-state index contributed by atoms with van der Waals surface area (Å²) in [6.07, 6.45) is 11.3. The summed E-state index contributed by atoms with van der Waals surface area (Å²) in [5.41, 5.74) is 4.67. The maximum Gasteiger partial charge on any atom is 0.410 e. The molecule has 2 atom stereocenters. The lowest BCUT2D eigenvalue weighted by molar-refractivity contribution is -0.0920. The number of fused-ring (bicyclic) bond motifs is 2. The Balaban J connectivity index is 0.000000142. The van der Waals surface area contributed by atoms with Crippen molar-refractivity contribution in [1.82, 2.24) is 9.80 Å². The first-order chi connectivity index (χ1) is 21.3. The van der Waals surface area contributed by atoms with Crippen molar-refractivity contribution in [3.63, 3.8) is 0 Å². The molecule has 2 spiro atoms. The average Bonchev–Trinajstić information content (AvgIpc) is 3.66. The topological polar surface area (TPSA) is 99.5 Å². The van der Waals surface area contributed by atoms with Crippen LogP contribution in [0.25, 0.3) is 0 Å². The number of aryl methyl sites for hydroxylation is 2. The Morgan fingerprint density at radius 1 is 0.568 bits per heavy atom. The fraction of sp³-hybridized carbons (Fsp3) is 0.611. The summed E-state index contributed by atoms with van der Waals surface area (Å²) < 4.78 is 11.8. The van der Waals surface area contributed by atoms with Gasteiger partial charge in [0.2, 0.25) is 0 Å². The molecule has 2 saturated heterocycles. The van der Waals surface area contributed by atoms with Gasteiger partial charge >= 0.3 is 12.2 Å². The normalized spacial score (nSPS) is 34.6. The molecule has 2 heterocycles. The number of rotatable bonds is 2. The first-order valence-electron chi connectivity index (χ1n) is 16.8. The van der Waals surface area contributed by atoms with E-state index in [4.69, 9.17) is 9.47 Å². The monoisotopic (exact) mass is 602 g/mol. The second-order valence-corrected chi connectivity index (χ2v) is 14.0. The highest BCUT2D eigenvalue weighted by Gasteiger charge is 2.47. The Kier molecular flexibility index (Phi) is 8.08. The summed E-state index contributed by atoms with van der Waals surface area (Å²) in [7, 11) is 0. The van der Waals surface area contributed by atoms with E-state index in [1.165, 1.54) is 22.3 Å². The number of ether oxygens (including phenoxy) is 2. The standard InChI is InChI=1S/2C18H23NO3/c2*20-14-7-9-18(10-8-14)11-12-19(17(21)22-18)16-6-5-13-3-1-2-4-15(13)16/h2*1-4,14,16,20H,5-12H2/t2*14?,16-,18?/m00/s1. The van der Waals surface area contributed by atoms with Crippen molar-refractivity contribution in [2.75, 3.05) is 13.1 Å². The first-order valence-corrected chi connectivity index (χ1v) is 16.8. The van der Waals surface area contributed by atoms with E-state index < -0.39 is 0 Å². The Morgan fingerprint density at radius 3 is 1.34 bits per heavy atom. The van der Waals surface area contributed by atoms with Crippen LogP contribution in [0.3, 0.4) is 0 Å². The molecular weight excluding hydrogens is 556 g/mol. The van der Waals surface area contributed by atoms with Gasteiger partial charge in [-0.25, -0.2) is 9.59 Å². The SMILES string of the molecule is O=C1OC2(CCC(O)CC2)CCN1[C@H]1CCc2ccccc21.O=C1OC2(CCC(O)CC2)CCN1[C@H]1CCc2ccccc21. The molecule has 2 aromatic carbocycles. The molecule has 2 aromatic rings. The van der Waals surface area contributed by atoms with E-state index in [9.17, 15) is 19.8 Å². The lowest BCUT2D eigenvalue weighted by Crippen LogP contribution is -2.52. The third kappa shape index (κ3) is 5.71. The molecular formula is C36H46N2O6. The molecule has 6 aliphatic rings. The maximum absolute atomic E-state index is 12.6. The van der Waals surface area contributed by atoms with Crippen LogP contribution in [0.15, 0.2) is 48.5 Å². The van der Waals surface area contributed by atoms with Gasteiger partial charge in [-0.05, 0) is 99.3 Å². The molecule has 2 saturated carbocycles. The van der Waals surface area contributed by atoms with Crippen molar-refractivity contribution in [2.45, 2.75) is 125 Å². The molecule has 8 nitrogen and oxygen atoms in total. The van der Waals surface area contributed by atoms with Crippen LogP contribution in [0.2, 0.25) is 0 Å². The number of benzene rings is 2. The molecule has 0 unspecified atom stereocenters. The van der Waals surface area contributed by atoms with Gasteiger partial charge in [0.05, 0.1) is 24.3 Å². The molecule has 44 heavy (non-hydrogen) atoms. The van der Waals surface area contributed by atoms with Crippen LogP contribution in [-0.2, 0) is 22.3 Å². The van der Waals surface area contributed by atoms with Gasteiger partial charge in [-0.15, -0.1) is 0 Å². The minimum atomic E-state index is -0.315. The Morgan fingerprint density at radius 2 is 0.955 bits per heavy atom. The summed E-state index contributed by atoms with van der Waals surface area (Å²) in [5, 5.41) is 19.3. The van der Waals surface area contributed by atoms with Gasteiger partial charge in [0, 0.05) is 25.9 Å². The molecule has 8 rings (SSSR count). The number of aliphatic hydroxyl groups is 2. The lowest BCUT2D eigenvalue weighted by Gasteiger charge is -2.45. The second kappa shape index (κ2) is 12.0. The highest BCUT2D eigenvalue weighted by atomic mass is 16.6. The highest BCUT2D eigenvalue weighted by Crippen LogP contribution is 2.44. The fourth-order valence-electron chi connectivity index (χ4n) is 8.67. The van der Waals surface area contributed by atoms with E-state index in [1.807, 2.05) is 9.80 Å². The molecule has 2 aliphatic heterocycles. The minimum absolute atomic E-state index is 0.163. The van der Waals surface area contributed by atoms with E-state index >= 15 is 0 Å². The average molecular weight is 603 g/mol. The van der Waals surface area contributed by atoms with Crippen LogP contribution < -0.4 is 0 Å². The predicted octanol–water partition coefficient (Wildman–Crippen LogP) is 6.38. The van der Waals surface area contributed by atoms with Gasteiger partial charge in [-0.3, -0.25) is 0 Å².